The first-order valence-electron chi connectivity index (χ1n) is 8.97. The Morgan fingerprint density at radius 2 is 1.69 bits per heavy atom. The molecule has 0 heterocycles. The van der Waals surface area contributed by atoms with Gasteiger partial charge in [-0.2, -0.15) is 0 Å². The summed E-state index contributed by atoms with van der Waals surface area (Å²) in [5.41, 5.74) is 1.62. The van der Waals surface area contributed by atoms with Crippen molar-refractivity contribution in [2.45, 2.75) is 51.8 Å². The monoisotopic (exact) mass is 427 g/mol. The van der Waals surface area contributed by atoms with Crippen molar-refractivity contribution >= 4 is 17.3 Å². The Hall–Kier alpha value is -2.03. The lowest BCUT2D eigenvalue weighted by atomic mass is 9.92. The highest BCUT2D eigenvalue weighted by molar-refractivity contribution is 7.90. The number of hydrogen-bond donors (Lipinski definition) is 2. The number of hydrogen-bond acceptors (Lipinski definition) is 3. The van der Waals surface area contributed by atoms with Gasteiger partial charge in [-0.15, -0.1) is 4.72 Å². The van der Waals surface area contributed by atoms with Gasteiger partial charge < -0.3 is 9.66 Å². The summed E-state index contributed by atoms with van der Waals surface area (Å²) in [7, 11) is 0. The summed E-state index contributed by atoms with van der Waals surface area (Å²) in [6.45, 7) is 8.31. The van der Waals surface area contributed by atoms with Crippen LogP contribution in [-0.4, -0.2) is 20.4 Å². The van der Waals surface area contributed by atoms with Crippen LogP contribution in [0.5, 0.6) is 0 Å². The zero-order valence-corrected chi connectivity index (χ0v) is 17.7. The summed E-state index contributed by atoms with van der Waals surface area (Å²) in [4.78, 5) is 11.3. The first-order valence-corrected chi connectivity index (χ1v) is 10.1. The van der Waals surface area contributed by atoms with Gasteiger partial charge >= 0.3 is 5.97 Å². The molecule has 0 fully saturated rings. The lowest BCUT2D eigenvalue weighted by Gasteiger charge is -2.28. The first kappa shape index (κ1) is 23.3. The molecule has 2 rings (SSSR count). The third-order valence-corrected chi connectivity index (χ3v) is 6.01. The van der Waals surface area contributed by atoms with Gasteiger partial charge in [0, 0.05) is 16.9 Å². The van der Waals surface area contributed by atoms with E-state index in [4.69, 9.17) is 0 Å². The van der Waals surface area contributed by atoms with Crippen LogP contribution in [0.15, 0.2) is 24.3 Å². The summed E-state index contributed by atoms with van der Waals surface area (Å²) in [6.07, 6.45) is -0.594. The summed E-state index contributed by atoms with van der Waals surface area (Å²) in [5.74, 6) is -4.08. The Labute approximate surface area is 171 Å². The van der Waals surface area contributed by atoms with Gasteiger partial charge in [-0.1, -0.05) is 0 Å². The summed E-state index contributed by atoms with van der Waals surface area (Å²) in [6, 6.07) is 3.66. The summed E-state index contributed by atoms with van der Waals surface area (Å²) >= 11 is -1.71. The molecule has 29 heavy (non-hydrogen) atoms. The fourth-order valence-corrected chi connectivity index (χ4v) is 3.89. The molecular weight excluding hydrogens is 403 g/mol. The lowest BCUT2D eigenvalue weighted by molar-refractivity contribution is -0.137. The van der Waals surface area contributed by atoms with Crippen LogP contribution in [0.2, 0.25) is 0 Å². The molecule has 2 aromatic rings. The highest BCUT2D eigenvalue weighted by Gasteiger charge is 2.33. The highest BCUT2D eigenvalue weighted by atomic mass is 32.2. The summed E-state index contributed by atoms with van der Waals surface area (Å²) < 4.78 is 57.1. The molecule has 0 saturated carbocycles. The fourth-order valence-electron chi connectivity index (χ4n) is 3.07. The number of aliphatic carboxylic acids is 1. The first-order chi connectivity index (χ1) is 13.3. The molecule has 0 aliphatic heterocycles. The van der Waals surface area contributed by atoms with E-state index in [1.165, 1.54) is 18.2 Å². The van der Waals surface area contributed by atoms with Crippen molar-refractivity contribution in [1.29, 1.82) is 0 Å². The van der Waals surface area contributed by atoms with Crippen molar-refractivity contribution < 1.29 is 27.6 Å². The molecule has 2 atom stereocenters. The Kier molecular flexibility index (Phi) is 7.03. The highest BCUT2D eigenvalue weighted by Crippen LogP contribution is 2.34. The van der Waals surface area contributed by atoms with Gasteiger partial charge in [-0.05, 0) is 81.1 Å². The average Bonchev–Trinajstić information content (AvgIpc) is 2.54. The average molecular weight is 427 g/mol. The number of carbonyl (C=O) groups is 1. The van der Waals surface area contributed by atoms with Gasteiger partial charge in [-0.3, -0.25) is 4.79 Å². The number of carboxylic acids is 1. The van der Waals surface area contributed by atoms with E-state index >= 15 is 0 Å². The van der Waals surface area contributed by atoms with E-state index in [0.29, 0.717) is 16.7 Å². The largest absolute Gasteiger partial charge is 0.598 e. The van der Waals surface area contributed by atoms with Crippen LogP contribution >= 0.6 is 0 Å². The predicted octanol–water partition coefficient (Wildman–Crippen LogP) is 4.96. The molecule has 0 saturated heterocycles. The Bertz CT molecular complexity index is 905. The Morgan fingerprint density at radius 1 is 1.14 bits per heavy atom. The molecule has 2 N–H and O–H groups in total. The minimum Gasteiger partial charge on any atom is -0.598 e. The van der Waals surface area contributed by atoms with E-state index in [1.54, 1.807) is 34.6 Å². The maximum absolute atomic E-state index is 14.6. The van der Waals surface area contributed by atoms with Gasteiger partial charge in [0.05, 0.1) is 12.5 Å². The Balaban J connectivity index is 2.62. The topological polar surface area (TPSA) is 72.4 Å². The number of carboxylic acid groups (broad SMARTS) is 1. The van der Waals surface area contributed by atoms with Gasteiger partial charge in [0.25, 0.3) is 0 Å². The Morgan fingerprint density at radius 3 is 2.17 bits per heavy atom. The van der Waals surface area contributed by atoms with E-state index < -0.39 is 52.0 Å². The summed E-state index contributed by atoms with van der Waals surface area (Å²) in [5, 5.41) is 9.23. The standard InChI is InChI=1S/C21H24F3NO3S/c1-11-6-14(22)7-12(2)19(11)13-8-15(20(24)16(23)9-13)17(10-18(26)27)25-29(28)21(3,4)5/h6-9,17,25H,10H2,1-5H3,(H,26,27)/t17-,29?/m0/s1. The van der Waals surface area contributed by atoms with Crippen LogP contribution in [0.1, 0.15) is 49.9 Å². The molecule has 0 radical (unpaired) electrons. The molecule has 0 amide bonds. The second-order valence-electron chi connectivity index (χ2n) is 7.93. The van der Waals surface area contributed by atoms with E-state index in [9.17, 15) is 27.6 Å². The van der Waals surface area contributed by atoms with Crippen LogP contribution in [0.4, 0.5) is 13.2 Å². The molecule has 0 aliphatic carbocycles. The molecule has 158 valence electrons. The maximum atomic E-state index is 14.6. The van der Waals surface area contributed by atoms with Crippen molar-refractivity contribution in [2.24, 2.45) is 0 Å². The molecule has 8 heteroatoms. The molecule has 2 aromatic carbocycles. The predicted molar refractivity (Wildman–Crippen MR) is 107 cm³/mol. The zero-order valence-electron chi connectivity index (χ0n) is 16.9. The normalized spacial score (nSPS) is 14.0. The molecule has 4 nitrogen and oxygen atoms in total. The van der Waals surface area contributed by atoms with Crippen molar-refractivity contribution in [2.75, 3.05) is 0 Å². The van der Waals surface area contributed by atoms with Crippen LogP contribution in [0.3, 0.4) is 0 Å². The number of aryl methyl sites for hydroxylation is 2. The molecule has 0 bridgehead atoms. The van der Waals surface area contributed by atoms with Gasteiger partial charge in [0.15, 0.2) is 11.6 Å². The third-order valence-electron chi connectivity index (χ3n) is 4.40. The van der Waals surface area contributed by atoms with Crippen LogP contribution in [-0.2, 0) is 16.2 Å². The van der Waals surface area contributed by atoms with Gasteiger partial charge in [0.2, 0.25) is 0 Å². The van der Waals surface area contributed by atoms with E-state index in [0.717, 1.165) is 6.07 Å². The second kappa shape index (κ2) is 8.77. The fraction of sp³-hybridized carbons (Fsp3) is 0.381. The third kappa shape index (κ3) is 5.52. The van der Waals surface area contributed by atoms with Crippen molar-refractivity contribution in [3.05, 3.63) is 58.4 Å². The van der Waals surface area contributed by atoms with E-state index in [-0.39, 0.29) is 11.1 Å². The van der Waals surface area contributed by atoms with Crippen molar-refractivity contribution in [3.63, 3.8) is 0 Å². The smallest absolute Gasteiger partial charge is 0.305 e. The molecule has 0 aliphatic rings. The number of nitrogens with one attached hydrogen (secondary N) is 1. The number of halogens is 3. The minimum absolute atomic E-state index is 0.247. The lowest BCUT2D eigenvalue weighted by Crippen LogP contribution is -2.42. The zero-order chi connectivity index (χ0) is 22.1. The van der Waals surface area contributed by atoms with Crippen LogP contribution in [0.25, 0.3) is 11.1 Å². The van der Waals surface area contributed by atoms with Crippen LogP contribution < -0.4 is 4.72 Å². The van der Waals surface area contributed by atoms with Gasteiger partial charge in [-0.25, -0.2) is 13.2 Å². The maximum Gasteiger partial charge on any atom is 0.305 e. The van der Waals surface area contributed by atoms with Crippen molar-refractivity contribution in [3.8, 4) is 11.1 Å². The van der Waals surface area contributed by atoms with Gasteiger partial charge in [0.1, 0.15) is 10.6 Å². The quantitative estimate of drug-likeness (QED) is 0.640. The van der Waals surface area contributed by atoms with Crippen LogP contribution in [0, 0.1) is 31.3 Å². The molecular formula is C21H24F3NO3S. The minimum atomic E-state index is -1.71. The second-order valence-corrected chi connectivity index (χ2v) is 9.92. The van der Waals surface area contributed by atoms with E-state index in [1.807, 2.05) is 0 Å². The van der Waals surface area contributed by atoms with Crippen molar-refractivity contribution in [1.82, 2.24) is 4.72 Å². The molecule has 1 unspecified atom stereocenters. The molecule has 0 aromatic heterocycles. The number of rotatable bonds is 6. The molecule has 0 spiro atoms. The SMILES string of the molecule is Cc1cc(F)cc(C)c1-c1cc(F)c(F)c([C@H](CC(=O)O)N[S+]([O-])C(C)(C)C)c1. The number of benzene rings is 2. The van der Waals surface area contributed by atoms with E-state index in [2.05, 4.69) is 4.72 Å².